The molecule has 0 aliphatic carbocycles. The van der Waals surface area contributed by atoms with Gasteiger partial charge in [-0.15, -0.1) is 0 Å². The number of methoxy groups -OCH3 is 2. The van der Waals surface area contributed by atoms with Crippen LogP contribution in [0.5, 0.6) is 11.5 Å². The summed E-state index contributed by atoms with van der Waals surface area (Å²) in [5.41, 5.74) is 0. The molecule has 2 heterocycles. The Bertz CT molecular complexity index is 788. The Balaban J connectivity index is 1.61. The standard InChI is InChI=1S/C18H27N3O5S2/c1-24-14-5-6-16(25-2)17(12-14)28(22,23)21-9-7-20(8-10-21)18(27)19-13-15-4-3-11-26-15/h5-6,12,15H,3-4,7-11,13H2,1-2H3,(H,19,27)/t15-/m0/s1. The van der Waals surface area contributed by atoms with E-state index in [0.717, 1.165) is 19.4 Å². The third kappa shape index (κ3) is 4.68. The van der Waals surface area contributed by atoms with Crippen molar-refractivity contribution in [1.82, 2.24) is 14.5 Å². The average Bonchev–Trinajstić information content (AvgIpc) is 3.25. The number of sulfonamides is 1. The molecule has 8 nitrogen and oxygen atoms in total. The molecule has 2 aliphatic rings. The molecule has 1 aromatic carbocycles. The first-order valence-electron chi connectivity index (χ1n) is 9.32. The number of nitrogens with one attached hydrogen (secondary N) is 1. The lowest BCUT2D eigenvalue weighted by Gasteiger charge is -2.35. The second kappa shape index (κ2) is 9.25. The SMILES string of the molecule is COc1ccc(OC)c(S(=O)(=O)N2CCN(C(=S)NC[C@@H]3CCCO3)CC2)c1. The van der Waals surface area contributed by atoms with Crippen LogP contribution >= 0.6 is 12.2 Å². The molecule has 0 radical (unpaired) electrons. The van der Waals surface area contributed by atoms with Crippen LogP contribution < -0.4 is 14.8 Å². The first kappa shape index (κ1) is 21.1. The van der Waals surface area contributed by atoms with Gasteiger partial charge in [-0.25, -0.2) is 8.42 Å². The largest absolute Gasteiger partial charge is 0.497 e. The predicted octanol–water partition coefficient (Wildman–Crippen LogP) is 1.06. The summed E-state index contributed by atoms with van der Waals surface area (Å²) in [6.45, 7) is 3.27. The van der Waals surface area contributed by atoms with Gasteiger partial charge in [-0.05, 0) is 37.2 Å². The van der Waals surface area contributed by atoms with Gasteiger partial charge in [0.05, 0.1) is 20.3 Å². The van der Waals surface area contributed by atoms with E-state index in [0.29, 0.717) is 49.3 Å². The molecule has 0 spiro atoms. The number of piperazine rings is 1. The van der Waals surface area contributed by atoms with Gasteiger partial charge in [-0.2, -0.15) is 4.31 Å². The van der Waals surface area contributed by atoms with Crippen LogP contribution in [0.2, 0.25) is 0 Å². The van der Waals surface area contributed by atoms with Crippen LogP contribution in [-0.2, 0) is 14.8 Å². The zero-order valence-corrected chi connectivity index (χ0v) is 17.9. The van der Waals surface area contributed by atoms with Gasteiger partial charge in [0.25, 0.3) is 0 Å². The Morgan fingerprint density at radius 1 is 1.25 bits per heavy atom. The second-order valence-electron chi connectivity index (χ2n) is 6.73. The van der Waals surface area contributed by atoms with Gasteiger partial charge >= 0.3 is 0 Å². The summed E-state index contributed by atoms with van der Waals surface area (Å²) in [6, 6.07) is 4.77. The Morgan fingerprint density at radius 3 is 2.61 bits per heavy atom. The van der Waals surface area contributed by atoms with Crippen molar-refractivity contribution >= 4 is 27.4 Å². The van der Waals surface area contributed by atoms with Crippen molar-refractivity contribution in [2.45, 2.75) is 23.8 Å². The maximum absolute atomic E-state index is 13.1. The topological polar surface area (TPSA) is 80.3 Å². The molecular formula is C18H27N3O5S2. The van der Waals surface area contributed by atoms with E-state index in [4.69, 9.17) is 26.4 Å². The lowest BCUT2D eigenvalue weighted by atomic mass is 10.2. The zero-order valence-electron chi connectivity index (χ0n) is 16.2. The normalized spacial score (nSPS) is 20.8. The van der Waals surface area contributed by atoms with E-state index in [-0.39, 0.29) is 11.0 Å². The van der Waals surface area contributed by atoms with Crippen LogP contribution in [0.25, 0.3) is 0 Å². The molecule has 0 amide bonds. The third-order valence-corrected chi connectivity index (χ3v) is 7.34. The van der Waals surface area contributed by atoms with E-state index < -0.39 is 10.0 Å². The lowest BCUT2D eigenvalue weighted by molar-refractivity contribution is 0.113. The molecule has 1 aromatic rings. The van der Waals surface area contributed by atoms with Gasteiger partial charge in [0.2, 0.25) is 10.0 Å². The molecule has 0 aromatic heterocycles. The monoisotopic (exact) mass is 429 g/mol. The molecule has 0 saturated carbocycles. The van der Waals surface area contributed by atoms with E-state index in [1.54, 1.807) is 12.1 Å². The summed E-state index contributed by atoms with van der Waals surface area (Å²) in [7, 11) is -0.737. The number of hydrogen-bond donors (Lipinski definition) is 1. The molecule has 2 saturated heterocycles. The van der Waals surface area contributed by atoms with Crippen molar-refractivity contribution in [1.29, 1.82) is 0 Å². The summed E-state index contributed by atoms with van der Waals surface area (Å²) < 4.78 is 43.7. The highest BCUT2D eigenvalue weighted by molar-refractivity contribution is 7.89. The Morgan fingerprint density at radius 2 is 2.00 bits per heavy atom. The fraction of sp³-hybridized carbons (Fsp3) is 0.611. The summed E-state index contributed by atoms with van der Waals surface area (Å²) in [4.78, 5) is 2.11. The smallest absolute Gasteiger partial charge is 0.247 e. The number of ether oxygens (including phenoxy) is 3. The fourth-order valence-electron chi connectivity index (χ4n) is 3.37. The van der Waals surface area contributed by atoms with E-state index >= 15 is 0 Å². The molecule has 1 N–H and O–H groups in total. The number of rotatable bonds is 6. The van der Waals surface area contributed by atoms with E-state index in [1.807, 2.05) is 4.90 Å². The number of benzene rings is 1. The van der Waals surface area contributed by atoms with Gasteiger partial charge in [-0.3, -0.25) is 0 Å². The predicted molar refractivity (Wildman–Crippen MR) is 109 cm³/mol. The van der Waals surface area contributed by atoms with Crippen molar-refractivity contribution in [3.8, 4) is 11.5 Å². The highest BCUT2D eigenvalue weighted by Gasteiger charge is 2.32. The van der Waals surface area contributed by atoms with Gasteiger partial charge in [0, 0.05) is 45.4 Å². The minimum absolute atomic E-state index is 0.113. The van der Waals surface area contributed by atoms with Crippen molar-refractivity contribution in [3.05, 3.63) is 18.2 Å². The van der Waals surface area contributed by atoms with Crippen LogP contribution in [-0.4, -0.2) is 82.4 Å². The van der Waals surface area contributed by atoms with Crippen molar-refractivity contribution in [2.24, 2.45) is 0 Å². The maximum atomic E-state index is 13.1. The minimum atomic E-state index is -3.69. The van der Waals surface area contributed by atoms with Crippen LogP contribution in [0.4, 0.5) is 0 Å². The van der Waals surface area contributed by atoms with E-state index in [2.05, 4.69) is 5.32 Å². The number of nitrogens with zero attached hydrogens (tertiary/aromatic N) is 2. The van der Waals surface area contributed by atoms with Gasteiger partial charge in [0.1, 0.15) is 16.4 Å². The zero-order chi connectivity index (χ0) is 20.1. The van der Waals surface area contributed by atoms with E-state index in [9.17, 15) is 8.42 Å². The summed E-state index contributed by atoms with van der Waals surface area (Å²) >= 11 is 5.46. The van der Waals surface area contributed by atoms with Gasteiger partial charge in [-0.1, -0.05) is 0 Å². The summed E-state index contributed by atoms with van der Waals surface area (Å²) in [6.07, 6.45) is 2.34. The molecule has 1 atom stereocenters. The molecule has 2 aliphatic heterocycles. The van der Waals surface area contributed by atoms with Crippen molar-refractivity contribution < 1.29 is 22.6 Å². The molecule has 0 bridgehead atoms. The van der Waals surface area contributed by atoms with Gasteiger partial charge in [0.15, 0.2) is 5.11 Å². The molecular weight excluding hydrogens is 402 g/mol. The first-order valence-corrected chi connectivity index (χ1v) is 11.2. The molecule has 28 heavy (non-hydrogen) atoms. The second-order valence-corrected chi connectivity index (χ2v) is 9.02. The lowest BCUT2D eigenvalue weighted by Crippen LogP contribution is -2.53. The number of thiocarbonyl (C=S) groups is 1. The first-order chi connectivity index (χ1) is 13.5. The van der Waals surface area contributed by atoms with Crippen LogP contribution in [0.1, 0.15) is 12.8 Å². The quantitative estimate of drug-likeness (QED) is 0.673. The molecule has 156 valence electrons. The average molecular weight is 430 g/mol. The highest BCUT2D eigenvalue weighted by atomic mass is 32.2. The molecule has 10 heteroatoms. The van der Waals surface area contributed by atoms with Crippen LogP contribution in [0, 0.1) is 0 Å². The maximum Gasteiger partial charge on any atom is 0.247 e. The third-order valence-electron chi connectivity index (χ3n) is 5.02. The minimum Gasteiger partial charge on any atom is -0.497 e. The highest BCUT2D eigenvalue weighted by Crippen LogP contribution is 2.31. The Labute approximate surface area is 171 Å². The Hall–Kier alpha value is -1.62. The van der Waals surface area contributed by atoms with Crippen molar-refractivity contribution in [2.75, 3.05) is 53.6 Å². The number of hydrogen-bond acceptors (Lipinski definition) is 6. The summed E-state index contributed by atoms with van der Waals surface area (Å²) in [5, 5.41) is 3.89. The van der Waals surface area contributed by atoms with Gasteiger partial charge < -0.3 is 24.4 Å². The van der Waals surface area contributed by atoms with Crippen LogP contribution in [0.15, 0.2) is 23.1 Å². The molecule has 0 unspecified atom stereocenters. The van der Waals surface area contributed by atoms with Crippen molar-refractivity contribution in [3.63, 3.8) is 0 Å². The van der Waals surface area contributed by atoms with E-state index in [1.165, 1.54) is 24.6 Å². The molecule has 2 fully saturated rings. The fourth-order valence-corrected chi connectivity index (χ4v) is 5.23. The summed E-state index contributed by atoms with van der Waals surface area (Å²) in [5.74, 6) is 0.773. The molecule has 3 rings (SSSR count). The Kier molecular flexibility index (Phi) is 6.97. The van der Waals surface area contributed by atoms with Crippen LogP contribution in [0.3, 0.4) is 0 Å².